The summed E-state index contributed by atoms with van der Waals surface area (Å²) in [5.41, 5.74) is 3.21. The van der Waals surface area contributed by atoms with Crippen LogP contribution in [-0.4, -0.2) is 33.1 Å². The summed E-state index contributed by atoms with van der Waals surface area (Å²) in [6.07, 6.45) is 4.12. The molecule has 1 amide bonds. The number of carbonyl (C=O) groups excluding carboxylic acids is 1. The maximum atomic E-state index is 12.6. The van der Waals surface area contributed by atoms with Crippen LogP contribution in [0.3, 0.4) is 0 Å². The predicted octanol–water partition coefficient (Wildman–Crippen LogP) is 3.54. The molecule has 0 bridgehead atoms. The number of nitrogens with zero attached hydrogens (tertiary/aromatic N) is 2. The lowest BCUT2D eigenvalue weighted by Crippen LogP contribution is -2.29. The molecule has 0 unspecified atom stereocenters. The summed E-state index contributed by atoms with van der Waals surface area (Å²) in [5.74, 6) is 0.0195. The molecule has 2 aliphatic rings. The molecule has 2 heterocycles. The van der Waals surface area contributed by atoms with Gasteiger partial charge in [0.05, 0.1) is 5.70 Å². The smallest absolute Gasteiger partial charge is 0.268 e. The highest BCUT2D eigenvalue weighted by molar-refractivity contribution is 8.26. The first-order valence-electron chi connectivity index (χ1n) is 6.99. The minimum Gasteiger partial charge on any atom is -0.347 e. The largest absolute Gasteiger partial charge is 0.347 e. The zero-order chi connectivity index (χ0) is 15.0. The molecule has 3 nitrogen and oxygen atoms in total. The van der Waals surface area contributed by atoms with Crippen LogP contribution in [0.4, 0.5) is 0 Å². The fraction of sp³-hybridized carbons (Fsp3) is 0.250. The number of fused-ring (bicyclic) bond motifs is 1. The Labute approximate surface area is 134 Å². The van der Waals surface area contributed by atoms with Gasteiger partial charge in [0.1, 0.15) is 9.23 Å². The number of amides is 1. The number of hydrogen-bond acceptors (Lipinski definition) is 4. The van der Waals surface area contributed by atoms with Crippen LogP contribution in [0, 0.1) is 0 Å². The Morgan fingerprint density at radius 2 is 1.95 bits per heavy atom. The first-order valence-corrected chi connectivity index (χ1v) is 8.22. The van der Waals surface area contributed by atoms with Crippen LogP contribution in [0.1, 0.15) is 25.0 Å². The van der Waals surface area contributed by atoms with Crippen LogP contribution >= 0.6 is 24.0 Å². The number of rotatable bonds is 2. The maximum absolute atomic E-state index is 12.6. The summed E-state index contributed by atoms with van der Waals surface area (Å²) in [6, 6.07) is 8.15. The van der Waals surface area contributed by atoms with Crippen molar-refractivity contribution in [3.63, 3.8) is 0 Å². The van der Waals surface area contributed by atoms with Crippen LogP contribution in [0.15, 0.2) is 35.4 Å². The van der Waals surface area contributed by atoms with Crippen molar-refractivity contribution >= 4 is 46.0 Å². The number of likely N-dealkylation sites (N-methyl/N-ethyl adjacent to an activating group) is 1. The van der Waals surface area contributed by atoms with Gasteiger partial charge in [0.2, 0.25) is 0 Å². The number of carbonyl (C=O) groups is 1. The third kappa shape index (κ3) is 2.30. The Kier molecular flexibility index (Phi) is 3.87. The predicted molar refractivity (Wildman–Crippen MR) is 92.4 cm³/mol. The van der Waals surface area contributed by atoms with Gasteiger partial charge in [-0.25, -0.2) is 0 Å². The molecular formula is C16H16N2OS2. The first kappa shape index (κ1) is 14.4. The Morgan fingerprint density at radius 1 is 1.19 bits per heavy atom. The normalized spacial score (nSPS) is 21.2. The Hall–Kier alpha value is -1.59. The summed E-state index contributed by atoms with van der Waals surface area (Å²) in [7, 11) is 0. The van der Waals surface area contributed by atoms with E-state index in [1.165, 1.54) is 11.8 Å². The van der Waals surface area contributed by atoms with Gasteiger partial charge in [0.15, 0.2) is 0 Å². The van der Waals surface area contributed by atoms with E-state index in [0.717, 1.165) is 28.3 Å². The number of thiocarbonyl (C=S) groups is 1. The van der Waals surface area contributed by atoms with Crippen molar-refractivity contribution in [3.05, 3.63) is 46.5 Å². The van der Waals surface area contributed by atoms with Crippen LogP contribution in [0.2, 0.25) is 0 Å². The van der Waals surface area contributed by atoms with E-state index in [9.17, 15) is 4.79 Å². The van der Waals surface area contributed by atoms with Gasteiger partial charge in [-0.1, -0.05) is 48.2 Å². The molecule has 108 valence electrons. The number of hydrogen-bond donors (Lipinski definition) is 0. The fourth-order valence-electron chi connectivity index (χ4n) is 2.59. The Bertz CT molecular complexity index is 679. The molecule has 21 heavy (non-hydrogen) atoms. The molecule has 0 atom stereocenters. The molecule has 0 spiro atoms. The highest BCUT2D eigenvalue weighted by atomic mass is 32.2. The van der Waals surface area contributed by atoms with E-state index in [1.54, 1.807) is 4.90 Å². The minimum atomic E-state index is 0.0195. The third-order valence-corrected chi connectivity index (χ3v) is 5.10. The minimum absolute atomic E-state index is 0.0195. The second-order valence-corrected chi connectivity index (χ2v) is 6.43. The summed E-state index contributed by atoms with van der Waals surface area (Å²) in [5, 5.41) is 0. The monoisotopic (exact) mass is 316 g/mol. The molecule has 0 N–H and O–H groups in total. The Balaban J connectivity index is 2.19. The molecule has 3 rings (SSSR count). The first-order chi connectivity index (χ1) is 10.2. The Morgan fingerprint density at radius 3 is 2.62 bits per heavy atom. The molecule has 0 radical (unpaired) electrons. The van der Waals surface area contributed by atoms with Gasteiger partial charge in [-0.15, -0.1) is 0 Å². The quantitative estimate of drug-likeness (QED) is 0.615. The molecule has 1 saturated heterocycles. The molecule has 0 saturated carbocycles. The van der Waals surface area contributed by atoms with Gasteiger partial charge in [-0.3, -0.25) is 9.69 Å². The second kappa shape index (κ2) is 5.66. The molecule has 1 aromatic carbocycles. The molecule has 0 aliphatic carbocycles. The fourth-order valence-corrected chi connectivity index (χ4v) is 4.07. The van der Waals surface area contributed by atoms with Crippen LogP contribution in [0.5, 0.6) is 0 Å². The average Bonchev–Trinajstić information content (AvgIpc) is 2.80. The summed E-state index contributed by atoms with van der Waals surface area (Å²) >= 11 is 6.74. The van der Waals surface area contributed by atoms with Gasteiger partial charge in [0, 0.05) is 24.9 Å². The van der Waals surface area contributed by atoms with Crippen molar-refractivity contribution in [2.45, 2.75) is 13.8 Å². The molecule has 1 fully saturated rings. The van der Waals surface area contributed by atoms with Gasteiger partial charge in [0.25, 0.3) is 5.91 Å². The molecule has 1 aromatic rings. The van der Waals surface area contributed by atoms with E-state index < -0.39 is 0 Å². The molecule has 5 heteroatoms. The van der Waals surface area contributed by atoms with Crippen LogP contribution in [-0.2, 0) is 4.79 Å². The van der Waals surface area contributed by atoms with E-state index in [-0.39, 0.29) is 5.91 Å². The van der Waals surface area contributed by atoms with Crippen molar-refractivity contribution in [2.75, 3.05) is 13.1 Å². The van der Waals surface area contributed by atoms with Gasteiger partial charge in [-0.05, 0) is 25.5 Å². The highest BCUT2D eigenvalue weighted by Gasteiger charge is 2.35. The maximum Gasteiger partial charge on any atom is 0.268 e. The molecule has 0 aromatic heterocycles. The summed E-state index contributed by atoms with van der Waals surface area (Å²) < 4.78 is 0.646. The highest BCUT2D eigenvalue weighted by Crippen LogP contribution is 2.40. The van der Waals surface area contributed by atoms with E-state index in [1.807, 2.05) is 25.3 Å². The SMILES string of the molecule is CCN1C(=O)/C(=C2/c3ccccc3C=CN2CC)SC1=S. The van der Waals surface area contributed by atoms with Crippen molar-refractivity contribution in [1.82, 2.24) is 9.80 Å². The summed E-state index contributed by atoms with van der Waals surface area (Å²) in [6.45, 7) is 5.46. The topological polar surface area (TPSA) is 23.6 Å². The van der Waals surface area contributed by atoms with Crippen LogP contribution < -0.4 is 0 Å². The lowest BCUT2D eigenvalue weighted by Gasteiger charge is -2.28. The lowest BCUT2D eigenvalue weighted by molar-refractivity contribution is -0.122. The van der Waals surface area contributed by atoms with Gasteiger partial charge in [-0.2, -0.15) is 0 Å². The van der Waals surface area contributed by atoms with Crippen molar-refractivity contribution in [2.24, 2.45) is 0 Å². The van der Waals surface area contributed by atoms with Crippen molar-refractivity contribution in [1.29, 1.82) is 0 Å². The lowest BCUT2D eigenvalue weighted by atomic mass is 10.00. The van der Waals surface area contributed by atoms with Crippen molar-refractivity contribution < 1.29 is 4.79 Å². The number of thioether (sulfide) groups is 1. The van der Waals surface area contributed by atoms with Gasteiger partial charge >= 0.3 is 0 Å². The van der Waals surface area contributed by atoms with Gasteiger partial charge < -0.3 is 4.90 Å². The van der Waals surface area contributed by atoms with E-state index in [0.29, 0.717) is 10.9 Å². The standard InChI is InChI=1S/C16H16N2OS2/c1-3-17-10-9-11-7-5-6-8-12(11)13(17)14-15(19)18(4-2)16(20)21-14/h5-10H,3-4H2,1-2H3/b14-13+. The zero-order valence-corrected chi connectivity index (χ0v) is 13.6. The third-order valence-electron chi connectivity index (χ3n) is 3.66. The second-order valence-electron chi connectivity index (χ2n) is 4.78. The van der Waals surface area contributed by atoms with Crippen molar-refractivity contribution in [3.8, 4) is 0 Å². The number of benzene rings is 1. The summed E-state index contributed by atoms with van der Waals surface area (Å²) in [4.78, 5) is 17.1. The zero-order valence-electron chi connectivity index (χ0n) is 12.0. The van der Waals surface area contributed by atoms with E-state index in [2.05, 4.69) is 30.0 Å². The van der Waals surface area contributed by atoms with E-state index >= 15 is 0 Å². The van der Waals surface area contributed by atoms with E-state index in [4.69, 9.17) is 12.2 Å². The molecular weight excluding hydrogens is 300 g/mol. The van der Waals surface area contributed by atoms with Crippen LogP contribution in [0.25, 0.3) is 11.8 Å². The average molecular weight is 316 g/mol. The molecule has 2 aliphatic heterocycles.